The van der Waals surface area contributed by atoms with Crippen molar-refractivity contribution in [2.45, 2.75) is 104 Å². The van der Waals surface area contributed by atoms with E-state index >= 15 is 0 Å². The van der Waals surface area contributed by atoms with Gasteiger partial charge in [-0.25, -0.2) is 4.79 Å². The number of amides is 3. The van der Waals surface area contributed by atoms with Crippen LogP contribution in [-0.2, 0) is 20.7 Å². The number of rotatable bonds is 8. The summed E-state index contributed by atoms with van der Waals surface area (Å²) in [5.41, 5.74) is 2.31. The summed E-state index contributed by atoms with van der Waals surface area (Å²) in [5.74, 6) is -0.325. The van der Waals surface area contributed by atoms with Crippen molar-refractivity contribution in [1.82, 2.24) is 15.5 Å². The van der Waals surface area contributed by atoms with Gasteiger partial charge in [-0.2, -0.15) is 0 Å². The number of nitrogens with zero attached hydrogens (tertiary/aromatic N) is 1. The SMILES string of the molecule is Cc1ccc(C(C(=O)NC(C)(C)C)N(C(=O)C(Cc2ccc(O)cc2)NC(=O)OC(C)(C)C)C2CC2C)cc1C. The second kappa shape index (κ2) is 11.9. The lowest BCUT2D eigenvalue weighted by atomic mass is 9.96. The van der Waals surface area contributed by atoms with Crippen LogP contribution in [0.4, 0.5) is 4.79 Å². The maximum absolute atomic E-state index is 14.5. The minimum atomic E-state index is -0.997. The van der Waals surface area contributed by atoms with E-state index < -0.39 is 29.3 Å². The highest BCUT2D eigenvalue weighted by Gasteiger charge is 2.48. The molecule has 3 N–H and O–H groups in total. The van der Waals surface area contributed by atoms with Gasteiger partial charge < -0.3 is 25.4 Å². The molecule has 4 atom stereocenters. The molecule has 0 bridgehead atoms. The van der Waals surface area contributed by atoms with Gasteiger partial charge in [0.2, 0.25) is 11.8 Å². The third-order valence-electron chi connectivity index (χ3n) is 6.92. The second-order valence-corrected chi connectivity index (χ2v) is 13.1. The summed E-state index contributed by atoms with van der Waals surface area (Å²) in [6.07, 6.45) is 0.209. The van der Waals surface area contributed by atoms with Crippen LogP contribution in [0.5, 0.6) is 5.75 Å². The van der Waals surface area contributed by atoms with E-state index in [2.05, 4.69) is 17.6 Å². The van der Waals surface area contributed by atoms with E-state index in [0.29, 0.717) is 0 Å². The topological polar surface area (TPSA) is 108 Å². The molecule has 8 nitrogen and oxygen atoms in total. The van der Waals surface area contributed by atoms with E-state index in [1.807, 2.05) is 52.8 Å². The van der Waals surface area contributed by atoms with E-state index in [4.69, 9.17) is 4.74 Å². The highest BCUT2D eigenvalue weighted by atomic mass is 16.6. The molecule has 0 radical (unpaired) electrons. The summed E-state index contributed by atoms with van der Waals surface area (Å²) >= 11 is 0. The Morgan fingerprint density at radius 2 is 1.60 bits per heavy atom. The summed E-state index contributed by atoms with van der Waals surface area (Å²) in [4.78, 5) is 43.0. The minimum Gasteiger partial charge on any atom is -0.508 e. The average molecular weight is 552 g/mol. The largest absolute Gasteiger partial charge is 0.508 e. The molecule has 0 heterocycles. The summed E-state index contributed by atoms with van der Waals surface area (Å²) < 4.78 is 5.50. The van der Waals surface area contributed by atoms with Crippen molar-refractivity contribution in [3.8, 4) is 5.75 Å². The molecule has 0 aromatic heterocycles. The quantitative estimate of drug-likeness (QED) is 0.411. The smallest absolute Gasteiger partial charge is 0.408 e. The Morgan fingerprint density at radius 3 is 2.10 bits per heavy atom. The van der Waals surface area contributed by atoms with E-state index in [9.17, 15) is 19.5 Å². The Bertz CT molecular complexity index is 1230. The molecule has 4 unspecified atom stereocenters. The van der Waals surface area contributed by atoms with Gasteiger partial charge in [0.25, 0.3) is 0 Å². The number of hydrogen-bond donors (Lipinski definition) is 3. The number of aromatic hydroxyl groups is 1. The first-order chi connectivity index (χ1) is 18.4. The van der Waals surface area contributed by atoms with Crippen LogP contribution >= 0.6 is 0 Å². The molecule has 0 spiro atoms. The molecule has 1 aliphatic rings. The van der Waals surface area contributed by atoms with Gasteiger partial charge in [-0.1, -0.05) is 37.3 Å². The van der Waals surface area contributed by atoms with Crippen LogP contribution < -0.4 is 10.6 Å². The molecule has 218 valence electrons. The van der Waals surface area contributed by atoms with Gasteiger partial charge in [-0.15, -0.1) is 0 Å². The summed E-state index contributed by atoms with van der Waals surface area (Å²) in [5, 5.41) is 15.6. The number of aryl methyl sites for hydroxylation is 2. The zero-order valence-corrected chi connectivity index (χ0v) is 25.3. The Morgan fingerprint density at radius 1 is 1.00 bits per heavy atom. The van der Waals surface area contributed by atoms with Crippen molar-refractivity contribution in [3.63, 3.8) is 0 Å². The number of ether oxygens (including phenoxy) is 1. The molecule has 2 aromatic carbocycles. The van der Waals surface area contributed by atoms with E-state index in [-0.39, 0.29) is 35.9 Å². The molecule has 2 aromatic rings. The van der Waals surface area contributed by atoms with Crippen LogP contribution in [0.1, 0.15) is 83.2 Å². The van der Waals surface area contributed by atoms with Gasteiger partial charge in [0.1, 0.15) is 23.4 Å². The van der Waals surface area contributed by atoms with Gasteiger partial charge in [-0.3, -0.25) is 9.59 Å². The molecule has 0 aliphatic heterocycles. The lowest BCUT2D eigenvalue weighted by Gasteiger charge is -2.36. The average Bonchev–Trinajstić information content (AvgIpc) is 3.53. The first-order valence-corrected chi connectivity index (χ1v) is 13.9. The fraction of sp³-hybridized carbons (Fsp3) is 0.531. The fourth-order valence-corrected chi connectivity index (χ4v) is 4.68. The van der Waals surface area contributed by atoms with Gasteiger partial charge in [0.05, 0.1) is 0 Å². The molecule has 3 rings (SSSR count). The van der Waals surface area contributed by atoms with Crippen molar-refractivity contribution in [2.75, 3.05) is 0 Å². The lowest BCUT2D eigenvalue weighted by Crippen LogP contribution is -2.56. The first-order valence-electron chi connectivity index (χ1n) is 13.9. The molecular formula is C32H45N3O5. The number of alkyl carbamates (subject to hydrolysis) is 1. The van der Waals surface area contributed by atoms with Crippen molar-refractivity contribution in [1.29, 1.82) is 0 Å². The van der Waals surface area contributed by atoms with Gasteiger partial charge in [0.15, 0.2) is 0 Å². The van der Waals surface area contributed by atoms with Gasteiger partial charge in [0, 0.05) is 18.0 Å². The molecule has 0 saturated heterocycles. The molecule has 40 heavy (non-hydrogen) atoms. The number of hydrogen-bond acceptors (Lipinski definition) is 5. The van der Waals surface area contributed by atoms with Crippen LogP contribution in [0.2, 0.25) is 0 Å². The maximum Gasteiger partial charge on any atom is 0.408 e. The van der Waals surface area contributed by atoms with Crippen LogP contribution in [-0.4, -0.2) is 51.1 Å². The van der Waals surface area contributed by atoms with Crippen LogP contribution in [0.25, 0.3) is 0 Å². The van der Waals surface area contributed by atoms with E-state index in [0.717, 1.165) is 28.7 Å². The van der Waals surface area contributed by atoms with Gasteiger partial charge in [-0.05, 0) is 102 Å². The normalized spacial score (nSPS) is 18.3. The summed E-state index contributed by atoms with van der Waals surface area (Å²) in [7, 11) is 0. The van der Waals surface area contributed by atoms with Crippen molar-refractivity contribution in [3.05, 3.63) is 64.7 Å². The van der Waals surface area contributed by atoms with Crippen LogP contribution in [0.3, 0.4) is 0 Å². The minimum absolute atomic E-state index is 0.105. The number of benzene rings is 2. The molecule has 1 fully saturated rings. The number of phenolic OH excluding ortho intramolecular Hbond substituents is 1. The standard InChI is InChI=1S/C32H45N3O5/c1-19-10-13-23(16-20(19)2)27(28(37)34-31(4,5)6)35(26-17-21(26)3)29(38)25(33-30(39)40-32(7,8)9)18-22-11-14-24(36)15-12-22/h10-16,21,25-27,36H,17-18H2,1-9H3,(H,33,39)(H,34,37). The fourth-order valence-electron chi connectivity index (χ4n) is 4.68. The second-order valence-electron chi connectivity index (χ2n) is 13.1. The van der Waals surface area contributed by atoms with Crippen molar-refractivity contribution < 1.29 is 24.2 Å². The molecule has 8 heteroatoms. The summed E-state index contributed by atoms with van der Waals surface area (Å²) in [6, 6.07) is 10.3. The summed E-state index contributed by atoms with van der Waals surface area (Å²) in [6.45, 7) is 17.1. The predicted octanol–water partition coefficient (Wildman–Crippen LogP) is 5.34. The molecule has 1 saturated carbocycles. The third-order valence-corrected chi connectivity index (χ3v) is 6.92. The number of phenols is 1. The van der Waals surface area contributed by atoms with Crippen LogP contribution in [0, 0.1) is 19.8 Å². The zero-order valence-electron chi connectivity index (χ0n) is 25.3. The van der Waals surface area contributed by atoms with Crippen molar-refractivity contribution in [2.24, 2.45) is 5.92 Å². The third kappa shape index (κ3) is 8.47. The molecular weight excluding hydrogens is 506 g/mol. The lowest BCUT2D eigenvalue weighted by molar-refractivity contribution is -0.144. The Balaban J connectivity index is 2.08. The maximum atomic E-state index is 14.5. The predicted molar refractivity (Wildman–Crippen MR) is 156 cm³/mol. The monoisotopic (exact) mass is 551 g/mol. The van der Waals surface area contributed by atoms with E-state index in [1.165, 1.54) is 0 Å². The molecule has 3 amide bonds. The first kappa shape index (κ1) is 31.0. The number of carbonyl (C=O) groups is 3. The Kier molecular flexibility index (Phi) is 9.22. The van der Waals surface area contributed by atoms with Crippen molar-refractivity contribution >= 4 is 17.9 Å². The zero-order chi connectivity index (χ0) is 30.0. The highest BCUT2D eigenvalue weighted by Crippen LogP contribution is 2.41. The number of nitrogens with one attached hydrogen (secondary N) is 2. The molecule has 1 aliphatic carbocycles. The number of carbonyl (C=O) groups excluding carboxylic acids is 3. The van der Waals surface area contributed by atoms with E-state index in [1.54, 1.807) is 49.9 Å². The van der Waals surface area contributed by atoms with Crippen LogP contribution in [0.15, 0.2) is 42.5 Å². The Hall–Kier alpha value is -3.55. The Labute approximate surface area is 238 Å². The highest BCUT2D eigenvalue weighted by molar-refractivity contribution is 5.93. The van der Waals surface area contributed by atoms with Gasteiger partial charge >= 0.3 is 6.09 Å².